The van der Waals surface area contributed by atoms with Crippen LogP contribution in [0.15, 0.2) is 18.2 Å². The highest BCUT2D eigenvalue weighted by molar-refractivity contribution is 5.97. The molecular formula is C19H27NO. The molecule has 1 fully saturated rings. The summed E-state index contributed by atoms with van der Waals surface area (Å²) in [4.78, 5) is 14.8. The minimum Gasteiger partial charge on any atom is -0.296 e. The molecule has 1 aromatic rings. The highest BCUT2D eigenvalue weighted by Crippen LogP contribution is 2.33. The summed E-state index contributed by atoms with van der Waals surface area (Å²) in [6, 6.07) is 6.34. The van der Waals surface area contributed by atoms with Crippen LogP contribution in [-0.2, 0) is 12.8 Å². The van der Waals surface area contributed by atoms with Gasteiger partial charge in [-0.3, -0.25) is 9.69 Å². The van der Waals surface area contributed by atoms with E-state index in [-0.39, 0.29) is 0 Å². The van der Waals surface area contributed by atoms with Gasteiger partial charge in [-0.2, -0.15) is 0 Å². The number of aryl methyl sites for hydroxylation is 2. The molecule has 0 radical (unpaired) electrons. The molecule has 0 bridgehead atoms. The molecular weight excluding hydrogens is 258 g/mol. The molecule has 2 aliphatic rings. The molecule has 1 heterocycles. The lowest BCUT2D eigenvalue weighted by molar-refractivity contribution is 0.0813. The second kappa shape index (κ2) is 5.92. The van der Waals surface area contributed by atoms with E-state index >= 15 is 0 Å². The summed E-state index contributed by atoms with van der Waals surface area (Å²) in [6.45, 7) is 7.40. The molecule has 1 aromatic carbocycles. The van der Waals surface area contributed by atoms with Gasteiger partial charge in [0.15, 0.2) is 5.78 Å². The fourth-order valence-corrected chi connectivity index (χ4v) is 3.64. The SMILES string of the molecule is CCC1(C)CCN(CC(=O)c2ccc3c(c2)CCC3)CC1. The van der Waals surface area contributed by atoms with Crippen LogP contribution in [0.2, 0.25) is 0 Å². The largest absolute Gasteiger partial charge is 0.296 e. The van der Waals surface area contributed by atoms with E-state index in [1.54, 1.807) is 0 Å². The van der Waals surface area contributed by atoms with Crippen molar-refractivity contribution < 1.29 is 4.79 Å². The molecule has 2 heteroatoms. The van der Waals surface area contributed by atoms with Gasteiger partial charge in [-0.1, -0.05) is 32.4 Å². The van der Waals surface area contributed by atoms with Gasteiger partial charge in [0, 0.05) is 5.56 Å². The van der Waals surface area contributed by atoms with Crippen LogP contribution in [-0.4, -0.2) is 30.3 Å². The molecule has 2 nitrogen and oxygen atoms in total. The first kappa shape index (κ1) is 14.8. The van der Waals surface area contributed by atoms with Gasteiger partial charge in [0.1, 0.15) is 0 Å². The Hall–Kier alpha value is -1.15. The fraction of sp³-hybridized carbons (Fsp3) is 0.632. The molecule has 0 aromatic heterocycles. The Kier molecular flexibility index (Phi) is 4.17. The number of hydrogen-bond donors (Lipinski definition) is 0. The molecule has 1 aliphatic carbocycles. The van der Waals surface area contributed by atoms with Gasteiger partial charge in [-0.25, -0.2) is 0 Å². The number of rotatable bonds is 4. The van der Waals surface area contributed by atoms with E-state index in [1.165, 1.54) is 43.2 Å². The van der Waals surface area contributed by atoms with Crippen LogP contribution >= 0.6 is 0 Å². The van der Waals surface area contributed by atoms with Crippen LogP contribution < -0.4 is 0 Å². The summed E-state index contributed by atoms with van der Waals surface area (Å²) in [5.74, 6) is 0.296. The summed E-state index contributed by atoms with van der Waals surface area (Å²) in [5, 5.41) is 0. The van der Waals surface area contributed by atoms with E-state index in [9.17, 15) is 4.79 Å². The van der Waals surface area contributed by atoms with Crippen molar-refractivity contribution in [3.8, 4) is 0 Å². The molecule has 0 saturated carbocycles. The lowest BCUT2D eigenvalue weighted by Crippen LogP contribution is -2.41. The monoisotopic (exact) mass is 285 g/mol. The molecule has 3 rings (SSSR count). The summed E-state index contributed by atoms with van der Waals surface area (Å²) in [5.41, 5.74) is 4.26. The summed E-state index contributed by atoms with van der Waals surface area (Å²) in [7, 11) is 0. The topological polar surface area (TPSA) is 20.3 Å². The van der Waals surface area contributed by atoms with Gasteiger partial charge in [0.25, 0.3) is 0 Å². The van der Waals surface area contributed by atoms with Crippen LogP contribution in [0.5, 0.6) is 0 Å². The lowest BCUT2D eigenvalue weighted by atomic mass is 9.78. The maximum absolute atomic E-state index is 12.5. The molecule has 0 N–H and O–H groups in total. The Morgan fingerprint density at radius 3 is 2.62 bits per heavy atom. The first-order valence-electron chi connectivity index (χ1n) is 8.47. The van der Waals surface area contributed by atoms with Crippen LogP contribution in [0.25, 0.3) is 0 Å². The number of piperidine rings is 1. The zero-order valence-electron chi connectivity index (χ0n) is 13.5. The molecule has 0 unspecified atom stereocenters. The van der Waals surface area contributed by atoms with Gasteiger partial charge in [0.2, 0.25) is 0 Å². The maximum Gasteiger partial charge on any atom is 0.176 e. The maximum atomic E-state index is 12.5. The van der Waals surface area contributed by atoms with Crippen LogP contribution in [0.1, 0.15) is 61.0 Å². The number of carbonyl (C=O) groups excluding carboxylic acids is 1. The van der Waals surface area contributed by atoms with Crippen molar-refractivity contribution in [2.45, 2.75) is 52.4 Å². The standard InChI is InChI=1S/C19H27NO/c1-3-19(2)9-11-20(12-10-19)14-18(21)17-8-7-15-5-4-6-16(15)13-17/h7-8,13H,3-6,9-12,14H2,1-2H3. The third-order valence-corrected chi connectivity index (χ3v) is 5.70. The van der Waals surface area contributed by atoms with E-state index in [0.717, 1.165) is 25.1 Å². The van der Waals surface area contributed by atoms with Gasteiger partial charge < -0.3 is 0 Å². The van der Waals surface area contributed by atoms with Crippen LogP contribution in [0, 0.1) is 5.41 Å². The smallest absolute Gasteiger partial charge is 0.176 e. The van der Waals surface area contributed by atoms with Crippen molar-refractivity contribution in [2.75, 3.05) is 19.6 Å². The molecule has 0 spiro atoms. The van der Waals surface area contributed by atoms with E-state index < -0.39 is 0 Å². The highest BCUT2D eigenvalue weighted by Gasteiger charge is 2.29. The molecule has 114 valence electrons. The molecule has 1 saturated heterocycles. The number of benzene rings is 1. The Labute approximate surface area is 128 Å². The molecule has 0 amide bonds. The number of nitrogens with zero attached hydrogens (tertiary/aromatic N) is 1. The fourth-order valence-electron chi connectivity index (χ4n) is 3.64. The number of ketones is 1. The predicted octanol–water partition coefficient (Wildman–Crippen LogP) is 3.87. The van der Waals surface area contributed by atoms with Gasteiger partial charge >= 0.3 is 0 Å². The van der Waals surface area contributed by atoms with E-state index in [1.807, 2.05) is 6.07 Å². The second-order valence-electron chi connectivity index (χ2n) is 7.20. The predicted molar refractivity (Wildman–Crippen MR) is 86.9 cm³/mol. The quantitative estimate of drug-likeness (QED) is 0.783. The van der Waals surface area contributed by atoms with Crippen LogP contribution in [0.3, 0.4) is 0 Å². The lowest BCUT2D eigenvalue weighted by Gasteiger charge is -2.38. The first-order valence-corrected chi connectivity index (χ1v) is 8.47. The van der Waals surface area contributed by atoms with Gasteiger partial charge in [0.05, 0.1) is 6.54 Å². The summed E-state index contributed by atoms with van der Waals surface area (Å²) < 4.78 is 0. The van der Waals surface area contributed by atoms with Crippen molar-refractivity contribution in [3.63, 3.8) is 0 Å². The third kappa shape index (κ3) is 3.21. The number of likely N-dealkylation sites (tertiary alicyclic amines) is 1. The van der Waals surface area contributed by atoms with Crippen LogP contribution in [0.4, 0.5) is 0 Å². The van der Waals surface area contributed by atoms with Crippen molar-refractivity contribution in [1.82, 2.24) is 4.90 Å². The van der Waals surface area contributed by atoms with Gasteiger partial charge in [-0.15, -0.1) is 0 Å². The zero-order valence-corrected chi connectivity index (χ0v) is 13.5. The average Bonchev–Trinajstić information content (AvgIpc) is 2.97. The van der Waals surface area contributed by atoms with Gasteiger partial charge in [-0.05, 0) is 67.8 Å². The molecule has 1 aliphatic heterocycles. The molecule has 21 heavy (non-hydrogen) atoms. The summed E-state index contributed by atoms with van der Waals surface area (Å²) >= 11 is 0. The Morgan fingerprint density at radius 2 is 1.90 bits per heavy atom. The van der Waals surface area contributed by atoms with Crippen molar-refractivity contribution in [2.24, 2.45) is 5.41 Å². The van der Waals surface area contributed by atoms with E-state index in [4.69, 9.17) is 0 Å². The number of hydrogen-bond acceptors (Lipinski definition) is 2. The number of fused-ring (bicyclic) bond motifs is 1. The van der Waals surface area contributed by atoms with Crippen molar-refractivity contribution >= 4 is 5.78 Å². The van der Waals surface area contributed by atoms with Crippen molar-refractivity contribution in [1.29, 1.82) is 0 Å². The minimum absolute atomic E-state index is 0.296. The zero-order chi connectivity index (χ0) is 14.9. The third-order valence-electron chi connectivity index (χ3n) is 5.70. The Morgan fingerprint density at radius 1 is 1.19 bits per heavy atom. The van der Waals surface area contributed by atoms with Crippen molar-refractivity contribution in [3.05, 3.63) is 34.9 Å². The highest BCUT2D eigenvalue weighted by atomic mass is 16.1. The molecule has 0 atom stereocenters. The normalized spacial score (nSPS) is 21.2. The first-order chi connectivity index (χ1) is 10.1. The average molecular weight is 285 g/mol. The Bertz CT molecular complexity index is 526. The number of Topliss-reactive ketones (excluding diaryl/α,β-unsaturated/α-hetero) is 1. The summed E-state index contributed by atoms with van der Waals surface area (Å²) in [6.07, 6.45) is 7.27. The minimum atomic E-state index is 0.296. The van der Waals surface area contributed by atoms with E-state index in [2.05, 4.69) is 30.9 Å². The van der Waals surface area contributed by atoms with E-state index in [0.29, 0.717) is 17.7 Å². The second-order valence-corrected chi connectivity index (χ2v) is 7.20. The Balaban J connectivity index is 1.60. The number of carbonyl (C=O) groups is 1.